The van der Waals surface area contributed by atoms with Crippen LogP contribution in [0.4, 0.5) is 0 Å². The molecule has 0 unspecified atom stereocenters. The van der Waals surface area contributed by atoms with Crippen molar-refractivity contribution in [2.75, 3.05) is 55.1 Å². The van der Waals surface area contributed by atoms with E-state index >= 15 is 0 Å². The molecule has 0 spiro atoms. The van der Waals surface area contributed by atoms with Crippen molar-refractivity contribution in [1.29, 1.82) is 0 Å². The predicted molar refractivity (Wildman–Crippen MR) is 102 cm³/mol. The van der Waals surface area contributed by atoms with Crippen molar-refractivity contribution < 1.29 is 9.47 Å². The Hall–Kier alpha value is -1.79. The van der Waals surface area contributed by atoms with Crippen molar-refractivity contribution in [2.45, 2.75) is 24.9 Å². The second kappa shape index (κ2) is 9.06. The third-order valence-corrected chi connectivity index (χ3v) is 5.10. The van der Waals surface area contributed by atoms with Crippen LogP contribution in [0.2, 0.25) is 0 Å². The van der Waals surface area contributed by atoms with Crippen molar-refractivity contribution in [1.82, 2.24) is 15.1 Å². The molecule has 1 aliphatic rings. The topological polar surface area (TPSA) is 49.3 Å². The predicted octanol–water partition coefficient (Wildman–Crippen LogP) is 1.81. The molecule has 25 heavy (non-hydrogen) atoms. The van der Waals surface area contributed by atoms with E-state index < -0.39 is 0 Å². The van der Waals surface area contributed by atoms with E-state index in [0.29, 0.717) is 0 Å². The summed E-state index contributed by atoms with van der Waals surface area (Å²) in [6.07, 6.45) is 2.07. The highest BCUT2D eigenvalue weighted by atomic mass is 16.5. The van der Waals surface area contributed by atoms with Gasteiger partial charge in [-0.1, -0.05) is 12.1 Å². The van der Waals surface area contributed by atoms with Crippen molar-refractivity contribution in [3.8, 4) is 5.75 Å². The third kappa shape index (κ3) is 5.09. The molecule has 1 aromatic rings. The standard InChI is InChI=1S/C19H32N4O2/c1-20-18(21-15-19(22(2)3)10-12-25-13-11-19)23(4)14-16-6-8-17(24-5)9-7-16/h6-9H,10-15H2,1-5H3,(H,20,21). The first-order valence-corrected chi connectivity index (χ1v) is 8.80. The SMILES string of the molecule is CN=C(NCC1(N(C)C)CCOCC1)N(C)Cc1ccc(OC)cc1. The van der Waals surface area contributed by atoms with Gasteiger partial charge in [-0.2, -0.15) is 0 Å². The van der Waals surface area contributed by atoms with Gasteiger partial charge in [-0.3, -0.25) is 4.99 Å². The van der Waals surface area contributed by atoms with Crippen LogP contribution in [-0.2, 0) is 11.3 Å². The van der Waals surface area contributed by atoms with Gasteiger partial charge in [-0.15, -0.1) is 0 Å². The smallest absolute Gasteiger partial charge is 0.193 e. The van der Waals surface area contributed by atoms with Gasteiger partial charge in [0.2, 0.25) is 0 Å². The van der Waals surface area contributed by atoms with Crippen LogP contribution in [0.1, 0.15) is 18.4 Å². The summed E-state index contributed by atoms with van der Waals surface area (Å²) in [5.74, 6) is 1.78. The van der Waals surface area contributed by atoms with Gasteiger partial charge in [0.05, 0.1) is 7.11 Å². The molecule has 6 nitrogen and oxygen atoms in total. The normalized spacial score (nSPS) is 17.4. The molecule has 0 aromatic heterocycles. The largest absolute Gasteiger partial charge is 0.497 e. The molecule has 1 heterocycles. The number of rotatable bonds is 6. The highest BCUT2D eigenvalue weighted by molar-refractivity contribution is 5.79. The minimum atomic E-state index is 0.120. The second-order valence-electron chi connectivity index (χ2n) is 6.84. The fourth-order valence-electron chi connectivity index (χ4n) is 3.24. The van der Waals surface area contributed by atoms with Crippen LogP contribution < -0.4 is 10.1 Å². The van der Waals surface area contributed by atoms with Crippen molar-refractivity contribution >= 4 is 5.96 Å². The van der Waals surface area contributed by atoms with Gasteiger partial charge in [0.1, 0.15) is 5.75 Å². The Morgan fingerprint density at radius 2 is 1.84 bits per heavy atom. The van der Waals surface area contributed by atoms with Crippen LogP contribution in [0, 0.1) is 0 Å². The van der Waals surface area contributed by atoms with Crippen LogP contribution in [0.5, 0.6) is 5.75 Å². The number of aliphatic imine (C=N–C) groups is 1. The summed E-state index contributed by atoms with van der Waals surface area (Å²) in [6.45, 7) is 3.30. The van der Waals surface area contributed by atoms with Gasteiger partial charge < -0.3 is 24.6 Å². The van der Waals surface area contributed by atoms with E-state index in [1.165, 1.54) is 5.56 Å². The maximum Gasteiger partial charge on any atom is 0.193 e. The van der Waals surface area contributed by atoms with Gasteiger partial charge in [-0.25, -0.2) is 0 Å². The molecule has 0 saturated carbocycles. The van der Waals surface area contributed by atoms with Gasteiger partial charge >= 0.3 is 0 Å². The van der Waals surface area contributed by atoms with E-state index in [1.54, 1.807) is 7.11 Å². The van der Waals surface area contributed by atoms with E-state index in [4.69, 9.17) is 9.47 Å². The van der Waals surface area contributed by atoms with Crippen molar-refractivity contribution in [3.63, 3.8) is 0 Å². The number of methoxy groups -OCH3 is 1. The molecule has 2 rings (SSSR count). The van der Waals surface area contributed by atoms with Gasteiger partial charge in [0.25, 0.3) is 0 Å². The van der Waals surface area contributed by atoms with Gasteiger partial charge in [-0.05, 0) is 44.6 Å². The lowest BCUT2D eigenvalue weighted by atomic mass is 9.88. The fraction of sp³-hybridized carbons (Fsp3) is 0.632. The lowest BCUT2D eigenvalue weighted by molar-refractivity contribution is -0.00522. The molecule has 0 amide bonds. The molecule has 1 aliphatic heterocycles. The number of nitrogens with one attached hydrogen (secondary N) is 1. The Morgan fingerprint density at radius 1 is 1.20 bits per heavy atom. The molecule has 0 atom stereocenters. The zero-order valence-corrected chi connectivity index (χ0v) is 16.2. The fourth-order valence-corrected chi connectivity index (χ4v) is 3.24. The number of guanidine groups is 1. The highest BCUT2D eigenvalue weighted by Gasteiger charge is 2.35. The summed E-state index contributed by atoms with van der Waals surface area (Å²) < 4.78 is 10.8. The molecule has 1 fully saturated rings. The number of likely N-dealkylation sites (N-methyl/N-ethyl adjacent to an activating group) is 1. The molecule has 0 aliphatic carbocycles. The summed E-state index contributed by atoms with van der Waals surface area (Å²) in [5, 5.41) is 3.56. The second-order valence-corrected chi connectivity index (χ2v) is 6.84. The molecule has 140 valence electrons. The maximum absolute atomic E-state index is 5.55. The zero-order valence-electron chi connectivity index (χ0n) is 16.2. The van der Waals surface area contributed by atoms with E-state index in [0.717, 1.165) is 50.9 Å². The monoisotopic (exact) mass is 348 g/mol. The van der Waals surface area contributed by atoms with Crippen LogP contribution in [0.25, 0.3) is 0 Å². The average molecular weight is 348 g/mol. The molecule has 1 saturated heterocycles. The molecule has 0 bridgehead atoms. The summed E-state index contributed by atoms with van der Waals surface area (Å²) >= 11 is 0. The Morgan fingerprint density at radius 3 is 2.36 bits per heavy atom. The molecular formula is C19H32N4O2. The van der Waals surface area contributed by atoms with Gasteiger partial charge in [0, 0.05) is 45.9 Å². The van der Waals surface area contributed by atoms with Crippen molar-refractivity contribution in [3.05, 3.63) is 29.8 Å². The van der Waals surface area contributed by atoms with Crippen LogP contribution in [-0.4, -0.2) is 76.4 Å². The summed E-state index contributed by atoms with van der Waals surface area (Å²) in [5.41, 5.74) is 1.34. The summed E-state index contributed by atoms with van der Waals surface area (Å²) in [6, 6.07) is 8.15. The maximum atomic E-state index is 5.55. The lowest BCUT2D eigenvalue weighted by Gasteiger charge is -2.43. The van der Waals surface area contributed by atoms with Crippen LogP contribution in [0.15, 0.2) is 29.3 Å². The van der Waals surface area contributed by atoms with E-state index in [9.17, 15) is 0 Å². The Bertz CT molecular complexity index is 551. The molecule has 6 heteroatoms. The molecular weight excluding hydrogens is 316 g/mol. The number of hydrogen-bond acceptors (Lipinski definition) is 4. The first kappa shape index (κ1) is 19.5. The first-order valence-electron chi connectivity index (χ1n) is 8.80. The molecule has 1 aromatic carbocycles. The van der Waals surface area contributed by atoms with E-state index in [-0.39, 0.29) is 5.54 Å². The molecule has 1 N–H and O–H groups in total. The van der Waals surface area contributed by atoms with E-state index in [1.807, 2.05) is 19.2 Å². The Balaban J connectivity index is 1.96. The quantitative estimate of drug-likeness (QED) is 0.628. The van der Waals surface area contributed by atoms with Crippen LogP contribution in [0.3, 0.4) is 0 Å². The number of ether oxygens (including phenoxy) is 2. The molecule has 0 radical (unpaired) electrons. The first-order chi connectivity index (χ1) is 12.0. The Labute approximate surface area is 151 Å². The van der Waals surface area contributed by atoms with Crippen LogP contribution >= 0.6 is 0 Å². The zero-order chi connectivity index (χ0) is 18.3. The highest BCUT2D eigenvalue weighted by Crippen LogP contribution is 2.25. The number of hydrogen-bond donors (Lipinski definition) is 1. The summed E-state index contributed by atoms with van der Waals surface area (Å²) in [7, 11) is 9.88. The number of benzene rings is 1. The van der Waals surface area contributed by atoms with Gasteiger partial charge in [0.15, 0.2) is 5.96 Å². The lowest BCUT2D eigenvalue weighted by Crippen LogP contribution is -2.57. The average Bonchev–Trinajstić information content (AvgIpc) is 2.63. The van der Waals surface area contributed by atoms with E-state index in [2.05, 4.69) is 53.4 Å². The third-order valence-electron chi connectivity index (χ3n) is 5.10. The Kier molecular flexibility index (Phi) is 7.08. The van der Waals surface area contributed by atoms with Crippen molar-refractivity contribution in [2.24, 2.45) is 4.99 Å². The minimum Gasteiger partial charge on any atom is -0.497 e. The minimum absolute atomic E-state index is 0.120. The summed E-state index contributed by atoms with van der Waals surface area (Å²) in [4.78, 5) is 8.91. The number of nitrogens with zero attached hydrogens (tertiary/aromatic N) is 3.